The van der Waals surface area contributed by atoms with Gasteiger partial charge in [0.2, 0.25) is 0 Å². The van der Waals surface area contributed by atoms with E-state index in [0.29, 0.717) is 0 Å². The Hall–Kier alpha value is -1.51. The van der Waals surface area contributed by atoms with Crippen molar-refractivity contribution < 1.29 is 9.90 Å². The fourth-order valence-electron chi connectivity index (χ4n) is 3.85. The molecule has 0 spiro atoms. The average molecular weight is 289 g/mol. The molecule has 1 aliphatic rings. The van der Waals surface area contributed by atoms with Crippen LogP contribution in [0.2, 0.25) is 0 Å². The molecular weight excluding hydrogens is 262 g/mol. The summed E-state index contributed by atoms with van der Waals surface area (Å²) in [6.07, 6.45) is 0. The highest BCUT2D eigenvalue weighted by Gasteiger charge is 2.49. The first-order valence-electron chi connectivity index (χ1n) is 7.74. The first-order valence-corrected chi connectivity index (χ1v) is 7.74. The van der Waals surface area contributed by atoms with Crippen LogP contribution in [0.5, 0.6) is 0 Å². The van der Waals surface area contributed by atoms with Crippen molar-refractivity contribution in [3.05, 3.63) is 27.8 Å². The van der Waals surface area contributed by atoms with Gasteiger partial charge >= 0.3 is 5.97 Å². The number of anilines is 1. The molecule has 0 radical (unpaired) electrons. The molecule has 0 aromatic heterocycles. The number of carbonyl (C=O) groups is 1. The van der Waals surface area contributed by atoms with Gasteiger partial charge in [-0.2, -0.15) is 0 Å². The van der Waals surface area contributed by atoms with E-state index in [4.69, 9.17) is 0 Å². The smallest absolute Gasteiger partial charge is 0.307 e. The molecule has 0 saturated heterocycles. The number of benzene rings is 1. The minimum atomic E-state index is -0.669. The van der Waals surface area contributed by atoms with Gasteiger partial charge < -0.3 is 10.4 Å². The Balaban J connectivity index is 2.32. The number of aliphatic carboxylic acids is 1. The van der Waals surface area contributed by atoms with E-state index >= 15 is 0 Å². The quantitative estimate of drug-likeness (QED) is 0.884. The zero-order valence-electron chi connectivity index (χ0n) is 14.2. The average Bonchev–Trinajstić information content (AvgIpc) is 2.42. The Labute approximate surface area is 127 Å². The van der Waals surface area contributed by atoms with Crippen LogP contribution in [0.1, 0.15) is 41.7 Å². The van der Waals surface area contributed by atoms with Crippen LogP contribution in [0.25, 0.3) is 0 Å². The lowest BCUT2D eigenvalue weighted by molar-refractivity contribution is -0.152. The number of carboxylic acids is 1. The fourth-order valence-corrected chi connectivity index (χ4v) is 3.85. The summed E-state index contributed by atoms with van der Waals surface area (Å²) < 4.78 is 0. The minimum Gasteiger partial charge on any atom is -0.481 e. The number of hydrogen-bond donors (Lipinski definition) is 2. The summed E-state index contributed by atoms with van der Waals surface area (Å²) >= 11 is 0. The van der Waals surface area contributed by atoms with E-state index in [0.717, 1.165) is 0 Å². The van der Waals surface area contributed by atoms with E-state index in [1.807, 2.05) is 13.8 Å². The standard InChI is InChI=1S/C18H27NO2/c1-8-9(2)11(4)16(12(5)10(8)3)19-17-13(6)15(14(17)7)18(20)21/h13-15,17,19H,1-7H3,(H,20,21). The maximum Gasteiger partial charge on any atom is 0.307 e. The highest BCUT2D eigenvalue weighted by molar-refractivity contribution is 5.73. The number of rotatable bonds is 3. The van der Waals surface area contributed by atoms with Gasteiger partial charge in [0.15, 0.2) is 0 Å². The first kappa shape index (κ1) is 15.9. The monoisotopic (exact) mass is 289 g/mol. The Morgan fingerprint density at radius 1 is 0.857 bits per heavy atom. The number of nitrogens with one attached hydrogen (secondary N) is 1. The summed E-state index contributed by atoms with van der Waals surface area (Å²) in [6, 6.07) is 0.241. The zero-order valence-corrected chi connectivity index (χ0v) is 14.2. The van der Waals surface area contributed by atoms with Crippen molar-refractivity contribution in [2.24, 2.45) is 17.8 Å². The van der Waals surface area contributed by atoms with Crippen LogP contribution in [0, 0.1) is 52.4 Å². The minimum absolute atomic E-state index is 0.165. The second-order valence-electron chi connectivity index (χ2n) is 6.75. The second kappa shape index (κ2) is 5.36. The SMILES string of the molecule is Cc1c(C)c(C)c(NC2C(C)C(C(=O)O)C2C)c(C)c1C. The summed E-state index contributed by atoms with van der Waals surface area (Å²) in [5.41, 5.74) is 7.78. The Kier molecular flexibility index (Phi) is 4.05. The number of carboxylic acid groups (broad SMARTS) is 1. The molecule has 1 aromatic rings. The molecule has 1 saturated carbocycles. The highest BCUT2D eigenvalue weighted by atomic mass is 16.4. The van der Waals surface area contributed by atoms with E-state index < -0.39 is 5.97 Å². The van der Waals surface area contributed by atoms with Crippen LogP contribution in [0.15, 0.2) is 0 Å². The lowest BCUT2D eigenvalue weighted by Crippen LogP contribution is -2.55. The summed E-state index contributed by atoms with van der Waals surface area (Å²) in [6.45, 7) is 14.9. The van der Waals surface area contributed by atoms with Gasteiger partial charge in [0.05, 0.1) is 5.92 Å². The Morgan fingerprint density at radius 3 is 1.62 bits per heavy atom. The van der Waals surface area contributed by atoms with Gasteiger partial charge in [-0.15, -0.1) is 0 Å². The maximum atomic E-state index is 11.3. The zero-order chi connectivity index (χ0) is 16.1. The molecule has 1 fully saturated rings. The van der Waals surface area contributed by atoms with Crippen LogP contribution in [0.3, 0.4) is 0 Å². The van der Waals surface area contributed by atoms with Gasteiger partial charge in [-0.05, 0) is 74.3 Å². The van der Waals surface area contributed by atoms with Crippen molar-refractivity contribution in [1.29, 1.82) is 0 Å². The summed E-state index contributed by atoms with van der Waals surface area (Å²) in [5.74, 6) is -0.565. The van der Waals surface area contributed by atoms with Crippen molar-refractivity contribution in [2.45, 2.75) is 54.5 Å². The molecule has 21 heavy (non-hydrogen) atoms. The van der Waals surface area contributed by atoms with Gasteiger partial charge in [-0.25, -0.2) is 0 Å². The third kappa shape index (κ3) is 2.33. The molecule has 3 nitrogen and oxygen atoms in total. The normalized spacial score (nSPS) is 28.1. The highest BCUT2D eigenvalue weighted by Crippen LogP contribution is 2.43. The van der Waals surface area contributed by atoms with E-state index in [1.165, 1.54) is 33.5 Å². The van der Waals surface area contributed by atoms with Crippen LogP contribution in [-0.2, 0) is 4.79 Å². The van der Waals surface area contributed by atoms with E-state index in [-0.39, 0.29) is 23.8 Å². The van der Waals surface area contributed by atoms with Gasteiger partial charge in [0, 0.05) is 11.7 Å². The fraction of sp³-hybridized carbons (Fsp3) is 0.611. The lowest BCUT2D eigenvalue weighted by atomic mass is 9.62. The van der Waals surface area contributed by atoms with Crippen LogP contribution in [0.4, 0.5) is 5.69 Å². The molecular formula is C18H27NO2. The van der Waals surface area contributed by atoms with Crippen molar-refractivity contribution in [2.75, 3.05) is 5.32 Å². The first-order chi connectivity index (χ1) is 9.68. The molecule has 2 N–H and O–H groups in total. The summed E-state index contributed by atoms with van der Waals surface area (Å²) in [7, 11) is 0. The topological polar surface area (TPSA) is 49.3 Å². The van der Waals surface area contributed by atoms with Gasteiger partial charge in [-0.3, -0.25) is 4.79 Å². The van der Waals surface area contributed by atoms with Crippen LogP contribution < -0.4 is 5.32 Å². The molecule has 116 valence electrons. The van der Waals surface area contributed by atoms with Crippen molar-refractivity contribution in [3.8, 4) is 0 Å². The van der Waals surface area contributed by atoms with E-state index in [1.54, 1.807) is 0 Å². The Morgan fingerprint density at radius 2 is 1.24 bits per heavy atom. The summed E-state index contributed by atoms with van der Waals surface area (Å²) in [4.78, 5) is 11.3. The molecule has 0 bridgehead atoms. The van der Waals surface area contributed by atoms with Crippen LogP contribution in [-0.4, -0.2) is 17.1 Å². The molecule has 0 heterocycles. The van der Waals surface area contributed by atoms with Crippen molar-refractivity contribution in [3.63, 3.8) is 0 Å². The van der Waals surface area contributed by atoms with Gasteiger partial charge in [0.1, 0.15) is 0 Å². The third-order valence-corrected chi connectivity index (χ3v) is 5.86. The molecule has 0 amide bonds. The molecule has 2 rings (SSSR count). The lowest BCUT2D eigenvalue weighted by Gasteiger charge is -2.48. The van der Waals surface area contributed by atoms with Gasteiger partial charge in [0.25, 0.3) is 0 Å². The van der Waals surface area contributed by atoms with Crippen molar-refractivity contribution in [1.82, 2.24) is 0 Å². The Bertz CT molecular complexity index is 552. The third-order valence-electron chi connectivity index (χ3n) is 5.86. The molecule has 2 atom stereocenters. The largest absolute Gasteiger partial charge is 0.481 e. The second-order valence-corrected chi connectivity index (χ2v) is 6.75. The molecule has 1 aromatic carbocycles. The van der Waals surface area contributed by atoms with Gasteiger partial charge in [-0.1, -0.05) is 13.8 Å². The maximum absolute atomic E-state index is 11.3. The molecule has 2 unspecified atom stereocenters. The van der Waals surface area contributed by atoms with Crippen molar-refractivity contribution >= 4 is 11.7 Å². The summed E-state index contributed by atoms with van der Waals surface area (Å²) in [5, 5.41) is 12.9. The predicted molar refractivity (Wildman–Crippen MR) is 87.0 cm³/mol. The van der Waals surface area contributed by atoms with E-state index in [9.17, 15) is 9.90 Å². The van der Waals surface area contributed by atoms with E-state index in [2.05, 4.69) is 39.9 Å². The molecule has 0 aliphatic heterocycles. The molecule has 1 aliphatic carbocycles. The molecule has 3 heteroatoms. The predicted octanol–water partition coefficient (Wildman–Crippen LogP) is 4.00. The number of hydrogen-bond acceptors (Lipinski definition) is 2. The van der Waals surface area contributed by atoms with Crippen LogP contribution >= 0.6 is 0 Å².